The maximum Gasteiger partial charge on any atom is 0.179 e. The van der Waals surface area contributed by atoms with Gasteiger partial charge in [0, 0.05) is 16.7 Å². The number of H-pyrrole nitrogens is 1. The molecule has 1 fully saturated rings. The quantitative estimate of drug-likeness (QED) is 0.742. The second kappa shape index (κ2) is 4.70. The lowest BCUT2D eigenvalue weighted by atomic mass is 9.73. The highest BCUT2D eigenvalue weighted by Crippen LogP contribution is 2.44. The van der Waals surface area contributed by atoms with Crippen LogP contribution in [0.5, 0.6) is 0 Å². The molecule has 1 atom stereocenters. The number of halogens is 1. The maximum absolute atomic E-state index is 5.53. The summed E-state index contributed by atoms with van der Waals surface area (Å²) in [6, 6.07) is 2.49. The van der Waals surface area contributed by atoms with Crippen molar-refractivity contribution in [2.45, 2.75) is 45.6 Å². The van der Waals surface area contributed by atoms with Gasteiger partial charge in [-0.3, -0.25) is 4.57 Å². The number of rotatable bonds is 1. The molecule has 0 radical (unpaired) electrons. The molecule has 0 aromatic carbocycles. The summed E-state index contributed by atoms with van der Waals surface area (Å²) in [5.41, 5.74) is 2.27. The summed E-state index contributed by atoms with van der Waals surface area (Å²) in [5, 5.41) is 0. The Balaban J connectivity index is 2.19. The fraction of sp³-hybridized carbons (Fsp3) is 0.571. The van der Waals surface area contributed by atoms with E-state index in [1.165, 1.54) is 25.7 Å². The summed E-state index contributed by atoms with van der Waals surface area (Å²) >= 11 is 8.99. The highest BCUT2D eigenvalue weighted by molar-refractivity contribution is 9.10. The molecule has 0 amide bonds. The first-order valence-corrected chi connectivity index (χ1v) is 7.95. The third kappa shape index (κ3) is 2.27. The van der Waals surface area contributed by atoms with Crippen molar-refractivity contribution < 1.29 is 0 Å². The normalized spacial score (nSPS) is 22.8. The van der Waals surface area contributed by atoms with Crippen molar-refractivity contribution >= 4 is 39.3 Å². The molecule has 5 heteroatoms. The number of aromatic amines is 1. The van der Waals surface area contributed by atoms with E-state index in [1.54, 1.807) is 0 Å². The lowest BCUT2D eigenvalue weighted by Gasteiger charge is -2.39. The summed E-state index contributed by atoms with van der Waals surface area (Å²) in [6.07, 6.45) is 6.88. The Morgan fingerprint density at radius 3 is 3.00 bits per heavy atom. The van der Waals surface area contributed by atoms with Gasteiger partial charge in [-0.05, 0) is 52.5 Å². The van der Waals surface area contributed by atoms with E-state index < -0.39 is 0 Å². The Bertz CT molecular complexity index is 671. The number of fused-ring (bicyclic) bond motifs is 1. The average molecular weight is 340 g/mol. The van der Waals surface area contributed by atoms with E-state index in [0.717, 1.165) is 20.4 Å². The number of hydrogen-bond donors (Lipinski definition) is 1. The van der Waals surface area contributed by atoms with Crippen LogP contribution in [0.2, 0.25) is 0 Å². The number of imidazole rings is 1. The molecule has 1 saturated carbocycles. The SMILES string of the molecule is CC1(C)CCCCC1n1c(=S)[nH]c2cc(Br)cnc21. The molecule has 1 unspecified atom stereocenters. The molecule has 0 aliphatic heterocycles. The van der Waals surface area contributed by atoms with Crippen LogP contribution in [-0.4, -0.2) is 14.5 Å². The van der Waals surface area contributed by atoms with Gasteiger partial charge in [0.05, 0.1) is 5.52 Å². The number of nitrogens with one attached hydrogen (secondary N) is 1. The Hall–Kier alpha value is -0.680. The number of aromatic nitrogens is 3. The van der Waals surface area contributed by atoms with Gasteiger partial charge in [0.15, 0.2) is 10.4 Å². The van der Waals surface area contributed by atoms with Gasteiger partial charge in [-0.25, -0.2) is 4.98 Å². The van der Waals surface area contributed by atoms with E-state index in [-0.39, 0.29) is 5.41 Å². The van der Waals surface area contributed by atoms with Crippen LogP contribution < -0.4 is 0 Å². The fourth-order valence-electron chi connectivity index (χ4n) is 3.23. The smallest absolute Gasteiger partial charge is 0.179 e. The standard InChI is InChI=1S/C14H18BrN3S/c1-14(2)6-4-3-5-11(14)18-12-10(17-13(18)19)7-9(15)8-16-12/h7-8,11H,3-6H2,1-2H3,(H,17,19). The Morgan fingerprint density at radius 2 is 2.26 bits per heavy atom. The van der Waals surface area contributed by atoms with Gasteiger partial charge < -0.3 is 4.98 Å². The summed E-state index contributed by atoms with van der Waals surface area (Å²) in [4.78, 5) is 7.85. The molecule has 1 aliphatic carbocycles. The van der Waals surface area contributed by atoms with Crippen molar-refractivity contribution in [2.24, 2.45) is 5.41 Å². The predicted octanol–water partition coefficient (Wildman–Crippen LogP) is 5.00. The number of nitrogens with zero attached hydrogens (tertiary/aromatic N) is 2. The number of pyridine rings is 1. The highest BCUT2D eigenvalue weighted by atomic mass is 79.9. The van der Waals surface area contributed by atoms with E-state index in [4.69, 9.17) is 12.2 Å². The first-order valence-electron chi connectivity index (χ1n) is 6.75. The second-order valence-electron chi connectivity index (χ2n) is 6.08. The van der Waals surface area contributed by atoms with Crippen molar-refractivity contribution in [3.8, 4) is 0 Å². The fourth-order valence-corrected chi connectivity index (χ4v) is 3.89. The van der Waals surface area contributed by atoms with Crippen LogP contribution in [0.3, 0.4) is 0 Å². The summed E-state index contributed by atoms with van der Waals surface area (Å²) in [7, 11) is 0. The van der Waals surface area contributed by atoms with Gasteiger partial charge in [-0.15, -0.1) is 0 Å². The van der Waals surface area contributed by atoms with Crippen molar-refractivity contribution in [1.82, 2.24) is 14.5 Å². The van der Waals surface area contributed by atoms with E-state index in [1.807, 2.05) is 12.3 Å². The maximum atomic E-state index is 5.53. The highest BCUT2D eigenvalue weighted by Gasteiger charge is 2.34. The minimum atomic E-state index is 0.278. The van der Waals surface area contributed by atoms with Crippen LogP contribution >= 0.6 is 28.1 Å². The Labute approximate surface area is 126 Å². The lowest BCUT2D eigenvalue weighted by molar-refractivity contribution is 0.146. The first-order chi connectivity index (χ1) is 8.99. The second-order valence-corrected chi connectivity index (χ2v) is 7.38. The largest absolute Gasteiger partial charge is 0.329 e. The van der Waals surface area contributed by atoms with Crippen LogP contribution in [-0.2, 0) is 0 Å². The van der Waals surface area contributed by atoms with Crippen LogP contribution in [0.1, 0.15) is 45.6 Å². The van der Waals surface area contributed by atoms with Crippen molar-refractivity contribution in [3.63, 3.8) is 0 Å². The molecule has 0 spiro atoms. The predicted molar refractivity (Wildman–Crippen MR) is 83.9 cm³/mol. The van der Waals surface area contributed by atoms with Crippen molar-refractivity contribution in [3.05, 3.63) is 21.5 Å². The third-order valence-electron chi connectivity index (χ3n) is 4.28. The molecule has 1 N–H and O–H groups in total. The zero-order valence-electron chi connectivity index (χ0n) is 11.2. The zero-order valence-corrected chi connectivity index (χ0v) is 13.6. The van der Waals surface area contributed by atoms with Crippen molar-refractivity contribution in [1.29, 1.82) is 0 Å². The minimum Gasteiger partial charge on any atom is -0.329 e. The molecular formula is C14H18BrN3S. The monoisotopic (exact) mass is 339 g/mol. The van der Waals surface area contributed by atoms with Crippen LogP contribution in [0, 0.1) is 10.2 Å². The Kier molecular flexibility index (Phi) is 3.29. The molecule has 2 heterocycles. The first kappa shape index (κ1) is 13.3. The molecule has 102 valence electrons. The number of hydrogen-bond acceptors (Lipinski definition) is 2. The third-order valence-corrected chi connectivity index (χ3v) is 5.02. The molecular weight excluding hydrogens is 322 g/mol. The average Bonchev–Trinajstić information content (AvgIpc) is 2.64. The van der Waals surface area contributed by atoms with Gasteiger partial charge in [0.25, 0.3) is 0 Å². The van der Waals surface area contributed by atoms with Crippen LogP contribution in [0.4, 0.5) is 0 Å². The summed E-state index contributed by atoms with van der Waals surface area (Å²) < 4.78 is 4.00. The van der Waals surface area contributed by atoms with Gasteiger partial charge >= 0.3 is 0 Å². The summed E-state index contributed by atoms with van der Waals surface area (Å²) in [6.45, 7) is 4.69. The van der Waals surface area contributed by atoms with Gasteiger partial charge in [0.2, 0.25) is 0 Å². The molecule has 2 aromatic rings. The topological polar surface area (TPSA) is 33.6 Å². The van der Waals surface area contributed by atoms with E-state index >= 15 is 0 Å². The van der Waals surface area contributed by atoms with Crippen LogP contribution in [0.15, 0.2) is 16.7 Å². The molecule has 0 saturated heterocycles. The summed E-state index contributed by atoms with van der Waals surface area (Å²) in [5.74, 6) is 0. The van der Waals surface area contributed by atoms with E-state index in [2.05, 4.69) is 44.3 Å². The Morgan fingerprint density at radius 1 is 1.47 bits per heavy atom. The van der Waals surface area contributed by atoms with Gasteiger partial charge in [0.1, 0.15) is 0 Å². The van der Waals surface area contributed by atoms with E-state index in [9.17, 15) is 0 Å². The molecule has 3 nitrogen and oxygen atoms in total. The zero-order chi connectivity index (χ0) is 13.6. The van der Waals surface area contributed by atoms with E-state index in [0.29, 0.717) is 6.04 Å². The molecule has 1 aliphatic rings. The van der Waals surface area contributed by atoms with Crippen molar-refractivity contribution in [2.75, 3.05) is 0 Å². The lowest BCUT2D eigenvalue weighted by Crippen LogP contribution is -2.30. The van der Waals surface area contributed by atoms with Crippen LogP contribution in [0.25, 0.3) is 11.2 Å². The molecule has 0 bridgehead atoms. The van der Waals surface area contributed by atoms with Gasteiger partial charge in [-0.2, -0.15) is 0 Å². The molecule has 3 rings (SSSR count). The minimum absolute atomic E-state index is 0.278. The molecule has 2 aromatic heterocycles. The molecule has 19 heavy (non-hydrogen) atoms. The van der Waals surface area contributed by atoms with Gasteiger partial charge in [-0.1, -0.05) is 26.7 Å².